The Morgan fingerprint density at radius 1 is 1.12 bits per heavy atom. The van der Waals surface area contributed by atoms with Gasteiger partial charge in [0.1, 0.15) is 0 Å². The number of hydrogen-bond acceptors (Lipinski definition) is 2. The fourth-order valence-corrected chi connectivity index (χ4v) is 1.94. The number of rotatable bonds is 3. The molecular formula is C13H12Cl2N2. The summed E-state index contributed by atoms with van der Waals surface area (Å²) in [5, 5.41) is 4.43. The second kappa shape index (κ2) is 5.39. The summed E-state index contributed by atoms with van der Waals surface area (Å²) in [7, 11) is 0. The molecule has 0 saturated carbocycles. The molecule has 0 amide bonds. The molecule has 0 aliphatic rings. The molecule has 2 aromatic rings. The Morgan fingerprint density at radius 2 is 1.82 bits per heavy atom. The zero-order valence-electron chi connectivity index (χ0n) is 9.32. The van der Waals surface area contributed by atoms with Crippen LogP contribution in [0, 0.1) is 0 Å². The molecule has 0 fully saturated rings. The molecule has 0 radical (unpaired) electrons. The number of nitrogens with one attached hydrogen (secondary N) is 1. The Labute approximate surface area is 111 Å². The van der Waals surface area contributed by atoms with Crippen molar-refractivity contribution in [3.05, 3.63) is 58.3 Å². The van der Waals surface area contributed by atoms with E-state index in [0.29, 0.717) is 10.0 Å². The lowest BCUT2D eigenvalue weighted by molar-refractivity contribution is 0.881. The monoisotopic (exact) mass is 266 g/mol. The van der Waals surface area contributed by atoms with Gasteiger partial charge in [-0.1, -0.05) is 29.3 Å². The van der Waals surface area contributed by atoms with Crippen molar-refractivity contribution in [2.45, 2.75) is 13.0 Å². The number of pyridine rings is 1. The van der Waals surface area contributed by atoms with Crippen LogP contribution < -0.4 is 5.32 Å². The Morgan fingerprint density at radius 3 is 2.53 bits per heavy atom. The highest BCUT2D eigenvalue weighted by atomic mass is 35.5. The minimum Gasteiger partial charge on any atom is -0.377 e. The van der Waals surface area contributed by atoms with Crippen LogP contribution in [0.25, 0.3) is 0 Å². The molecule has 1 aromatic carbocycles. The van der Waals surface area contributed by atoms with Crippen LogP contribution in [-0.4, -0.2) is 4.98 Å². The predicted octanol–water partition coefficient (Wildman–Crippen LogP) is 4.56. The average molecular weight is 267 g/mol. The summed E-state index contributed by atoms with van der Waals surface area (Å²) in [4.78, 5) is 3.99. The van der Waals surface area contributed by atoms with E-state index in [4.69, 9.17) is 23.2 Å². The van der Waals surface area contributed by atoms with E-state index in [1.807, 2.05) is 24.3 Å². The van der Waals surface area contributed by atoms with Crippen molar-refractivity contribution in [1.29, 1.82) is 0 Å². The molecule has 17 heavy (non-hydrogen) atoms. The van der Waals surface area contributed by atoms with E-state index in [9.17, 15) is 0 Å². The number of aromatic nitrogens is 1. The zero-order valence-corrected chi connectivity index (χ0v) is 10.8. The van der Waals surface area contributed by atoms with Gasteiger partial charge in [-0.2, -0.15) is 0 Å². The lowest BCUT2D eigenvalue weighted by Crippen LogP contribution is -2.06. The molecule has 1 heterocycles. The standard InChI is InChI=1S/C13H12Cl2N2/c1-9(10-5-7-16-8-6-10)17-12-4-2-3-11(14)13(12)15/h2-9,17H,1H3. The van der Waals surface area contributed by atoms with E-state index in [1.54, 1.807) is 18.5 Å². The summed E-state index contributed by atoms with van der Waals surface area (Å²) in [6.07, 6.45) is 3.54. The van der Waals surface area contributed by atoms with Gasteiger partial charge >= 0.3 is 0 Å². The first-order valence-electron chi connectivity index (χ1n) is 5.29. The Hall–Kier alpha value is -1.25. The second-order valence-electron chi connectivity index (χ2n) is 3.75. The molecule has 2 rings (SSSR count). The SMILES string of the molecule is CC(Nc1cccc(Cl)c1Cl)c1ccncc1. The van der Waals surface area contributed by atoms with Gasteiger partial charge in [0.25, 0.3) is 0 Å². The molecule has 0 saturated heterocycles. The zero-order chi connectivity index (χ0) is 12.3. The van der Waals surface area contributed by atoms with E-state index in [2.05, 4.69) is 17.2 Å². The highest BCUT2D eigenvalue weighted by molar-refractivity contribution is 6.43. The molecule has 4 heteroatoms. The van der Waals surface area contributed by atoms with Crippen LogP contribution in [0.5, 0.6) is 0 Å². The molecule has 0 aliphatic carbocycles. The van der Waals surface area contributed by atoms with Gasteiger partial charge in [0.05, 0.1) is 15.7 Å². The van der Waals surface area contributed by atoms with Crippen molar-refractivity contribution in [2.75, 3.05) is 5.32 Å². The van der Waals surface area contributed by atoms with Crippen molar-refractivity contribution < 1.29 is 0 Å². The van der Waals surface area contributed by atoms with Gasteiger partial charge in [-0.25, -0.2) is 0 Å². The van der Waals surface area contributed by atoms with Gasteiger partial charge in [-0.05, 0) is 36.8 Å². The normalized spacial score (nSPS) is 12.2. The van der Waals surface area contributed by atoms with Crippen LogP contribution >= 0.6 is 23.2 Å². The summed E-state index contributed by atoms with van der Waals surface area (Å²) in [6, 6.07) is 9.63. The summed E-state index contributed by atoms with van der Waals surface area (Å²) in [6.45, 7) is 2.06. The molecule has 2 nitrogen and oxygen atoms in total. The Kier molecular flexibility index (Phi) is 3.87. The molecule has 1 aromatic heterocycles. The third kappa shape index (κ3) is 2.90. The van der Waals surface area contributed by atoms with Gasteiger partial charge in [-0.15, -0.1) is 0 Å². The maximum absolute atomic E-state index is 6.12. The fraction of sp³-hybridized carbons (Fsp3) is 0.154. The van der Waals surface area contributed by atoms with Crippen molar-refractivity contribution in [3.8, 4) is 0 Å². The van der Waals surface area contributed by atoms with Gasteiger partial charge in [0.15, 0.2) is 0 Å². The molecule has 1 N–H and O–H groups in total. The maximum atomic E-state index is 6.12. The van der Waals surface area contributed by atoms with Crippen LogP contribution in [0.4, 0.5) is 5.69 Å². The number of nitrogens with zero attached hydrogens (tertiary/aromatic N) is 1. The number of halogens is 2. The molecule has 1 atom stereocenters. The minimum atomic E-state index is 0.147. The van der Waals surface area contributed by atoms with E-state index < -0.39 is 0 Å². The highest BCUT2D eigenvalue weighted by Crippen LogP contribution is 2.31. The summed E-state index contributed by atoms with van der Waals surface area (Å²) < 4.78 is 0. The first-order chi connectivity index (χ1) is 8.18. The molecular weight excluding hydrogens is 255 g/mol. The topological polar surface area (TPSA) is 24.9 Å². The smallest absolute Gasteiger partial charge is 0.0823 e. The Balaban J connectivity index is 2.19. The number of benzene rings is 1. The van der Waals surface area contributed by atoms with Gasteiger partial charge in [-0.3, -0.25) is 4.98 Å². The number of anilines is 1. The molecule has 0 aliphatic heterocycles. The second-order valence-corrected chi connectivity index (χ2v) is 4.53. The minimum absolute atomic E-state index is 0.147. The molecule has 88 valence electrons. The lowest BCUT2D eigenvalue weighted by Gasteiger charge is -2.16. The van der Waals surface area contributed by atoms with Crippen LogP contribution in [-0.2, 0) is 0 Å². The van der Waals surface area contributed by atoms with Crippen LogP contribution in [0.1, 0.15) is 18.5 Å². The van der Waals surface area contributed by atoms with Gasteiger partial charge < -0.3 is 5.32 Å². The summed E-state index contributed by atoms with van der Waals surface area (Å²) >= 11 is 12.1. The first kappa shape index (κ1) is 12.2. The quantitative estimate of drug-likeness (QED) is 0.881. The maximum Gasteiger partial charge on any atom is 0.0823 e. The molecule has 1 unspecified atom stereocenters. The highest BCUT2D eigenvalue weighted by Gasteiger charge is 2.08. The van der Waals surface area contributed by atoms with Crippen molar-refractivity contribution in [1.82, 2.24) is 4.98 Å². The lowest BCUT2D eigenvalue weighted by atomic mass is 10.1. The van der Waals surface area contributed by atoms with Crippen LogP contribution in [0.15, 0.2) is 42.7 Å². The number of hydrogen-bond donors (Lipinski definition) is 1. The molecule has 0 bridgehead atoms. The van der Waals surface area contributed by atoms with E-state index >= 15 is 0 Å². The van der Waals surface area contributed by atoms with Crippen molar-refractivity contribution >= 4 is 28.9 Å². The third-order valence-corrected chi connectivity index (χ3v) is 3.35. The third-order valence-electron chi connectivity index (χ3n) is 2.53. The van der Waals surface area contributed by atoms with E-state index in [-0.39, 0.29) is 6.04 Å². The van der Waals surface area contributed by atoms with Gasteiger partial charge in [0.2, 0.25) is 0 Å². The first-order valence-corrected chi connectivity index (χ1v) is 6.04. The van der Waals surface area contributed by atoms with Gasteiger partial charge in [0, 0.05) is 18.4 Å². The predicted molar refractivity (Wildman–Crippen MR) is 72.7 cm³/mol. The van der Waals surface area contributed by atoms with Crippen molar-refractivity contribution in [2.24, 2.45) is 0 Å². The molecule has 0 spiro atoms. The van der Waals surface area contributed by atoms with Crippen LogP contribution in [0.3, 0.4) is 0 Å². The fourth-order valence-electron chi connectivity index (χ4n) is 1.58. The summed E-state index contributed by atoms with van der Waals surface area (Å²) in [5.74, 6) is 0. The van der Waals surface area contributed by atoms with E-state index in [0.717, 1.165) is 11.3 Å². The van der Waals surface area contributed by atoms with E-state index in [1.165, 1.54) is 0 Å². The average Bonchev–Trinajstić information content (AvgIpc) is 2.36. The largest absolute Gasteiger partial charge is 0.377 e. The van der Waals surface area contributed by atoms with Crippen LogP contribution in [0.2, 0.25) is 10.0 Å². The van der Waals surface area contributed by atoms with Crippen molar-refractivity contribution in [3.63, 3.8) is 0 Å². The Bertz CT molecular complexity index is 500. The summed E-state index contributed by atoms with van der Waals surface area (Å²) in [5.41, 5.74) is 1.99.